The highest BCUT2D eigenvalue weighted by atomic mass is 35.5. The highest BCUT2D eigenvalue weighted by Gasteiger charge is 2.22. The van der Waals surface area contributed by atoms with Crippen LogP contribution in [0.15, 0.2) is 279 Å². The van der Waals surface area contributed by atoms with Crippen molar-refractivity contribution in [2.24, 2.45) is 0 Å². The fourth-order valence-electron chi connectivity index (χ4n) is 12.6. The second-order valence-corrected chi connectivity index (χ2v) is 24.3. The van der Waals surface area contributed by atoms with Crippen molar-refractivity contribution in [3.8, 4) is 56.9 Å². The maximum Gasteiger partial charge on any atom is 0.489 e. The molecule has 12 heteroatoms. The average molecular weight is 1230 g/mol. The lowest BCUT2D eigenvalue weighted by atomic mass is 9.79. The summed E-state index contributed by atoms with van der Waals surface area (Å²) in [7, 11) is -1.47. The van der Waals surface area contributed by atoms with Crippen LogP contribution in [-0.2, 0) is 0 Å². The van der Waals surface area contributed by atoms with Crippen LogP contribution in [0.25, 0.3) is 162 Å². The molecule has 2 N–H and O–H groups in total. The molecule has 91 heavy (non-hydrogen) atoms. The van der Waals surface area contributed by atoms with Gasteiger partial charge in [-0.15, -0.1) is 22.7 Å². The summed E-state index contributed by atoms with van der Waals surface area (Å²) in [5.74, 6) is 3.19. The van der Waals surface area contributed by atoms with Gasteiger partial charge in [-0.25, -0.2) is 19.9 Å². The molecule has 14 aromatic carbocycles. The molecule has 0 saturated heterocycles. The fourth-order valence-corrected chi connectivity index (χ4v) is 15.5. The van der Waals surface area contributed by atoms with E-state index in [0.29, 0.717) is 34.6 Å². The van der Waals surface area contributed by atoms with E-state index in [9.17, 15) is 10.0 Å². The zero-order chi connectivity index (χ0) is 60.2. The predicted octanol–water partition coefficient (Wildman–Crippen LogP) is 20.4. The number of halogens is 1. The van der Waals surface area contributed by atoms with Gasteiger partial charge in [0.15, 0.2) is 29.1 Å². The van der Waals surface area contributed by atoms with Crippen LogP contribution in [0.2, 0.25) is 5.28 Å². The van der Waals surface area contributed by atoms with Gasteiger partial charge in [0.05, 0.1) is 0 Å². The minimum atomic E-state index is -1.47. The normalized spacial score (nSPS) is 11.4. The zero-order valence-corrected chi connectivity index (χ0v) is 50.3. The molecule has 0 radical (unpaired) electrons. The highest BCUT2D eigenvalue weighted by Crippen LogP contribution is 2.47. The molecule has 0 aliphatic heterocycles. The van der Waals surface area contributed by atoms with E-state index in [-0.39, 0.29) is 12.7 Å². The Morgan fingerprint density at radius 1 is 0.253 bits per heavy atom. The van der Waals surface area contributed by atoms with Crippen LogP contribution in [0.4, 0.5) is 0 Å². The molecule has 0 unspecified atom stereocenters. The van der Waals surface area contributed by atoms with Crippen LogP contribution < -0.4 is 5.46 Å². The third-order valence-electron chi connectivity index (χ3n) is 16.7. The summed E-state index contributed by atoms with van der Waals surface area (Å²) < 4.78 is 4.62. The second kappa shape index (κ2) is 24.1. The Bertz CT molecular complexity index is 5610. The molecule has 0 atom stereocenters. The lowest BCUT2D eigenvalue weighted by Gasteiger charge is -2.11. The highest BCUT2D eigenvalue weighted by molar-refractivity contribution is 7.28. The van der Waals surface area contributed by atoms with Gasteiger partial charge in [-0.2, -0.15) is 9.97 Å². The SMILES string of the molecule is C.Clc1nc(-c2ccccc2)nc(-c2ccccc2)n1.OB(O)c1cccc2c1sc1c2ccc2c3ccccc3c3ccccc3c21.c1ccc(-c2nc(-c3ccccc3)nc(-c3cccc4c3sc3c4ccc4c5ccccc5c5ccccc5c43)n2)cc1. The number of rotatable bonds is 6. The summed E-state index contributed by atoms with van der Waals surface area (Å²) >= 11 is 9.48. The largest absolute Gasteiger partial charge is 0.489 e. The van der Waals surface area contributed by atoms with E-state index in [1.54, 1.807) is 17.4 Å². The Balaban J connectivity index is 0.000000123. The van der Waals surface area contributed by atoms with Crippen molar-refractivity contribution < 1.29 is 10.0 Å². The average Bonchev–Trinajstić information content (AvgIpc) is 1.59. The molecule has 18 aromatic rings. The van der Waals surface area contributed by atoms with E-state index < -0.39 is 7.12 Å². The van der Waals surface area contributed by atoms with Gasteiger partial charge >= 0.3 is 7.12 Å². The van der Waals surface area contributed by atoms with E-state index in [1.807, 2.05) is 114 Å². The van der Waals surface area contributed by atoms with Gasteiger partial charge in [0.2, 0.25) is 5.28 Å². The summed E-state index contributed by atoms with van der Waals surface area (Å²) in [5, 5.41) is 39.8. The molecule has 0 aliphatic rings. The fraction of sp³-hybridized carbons (Fsp3) is 0.0127. The quantitative estimate of drug-likeness (QED) is 0.125. The Morgan fingerprint density at radius 2 is 0.527 bits per heavy atom. The molecule has 0 spiro atoms. The number of benzene rings is 14. The number of hydrogen-bond donors (Lipinski definition) is 2. The van der Waals surface area contributed by atoms with Gasteiger partial charge in [-0.3, -0.25) is 0 Å². The molecule has 0 aliphatic carbocycles. The molecule has 8 nitrogen and oxygen atoms in total. The summed E-state index contributed by atoms with van der Waals surface area (Å²) in [6.45, 7) is 0. The molecule has 4 aromatic heterocycles. The van der Waals surface area contributed by atoms with Gasteiger partial charge in [0, 0.05) is 73.5 Å². The molecular weight excluding hydrogens is 1180 g/mol. The van der Waals surface area contributed by atoms with Crippen molar-refractivity contribution in [3.63, 3.8) is 0 Å². The second-order valence-electron chi connectivity index (χ2n) is 21.9. The summed E-state index contributed by atoms with van der Waals surface area (Å²) in [6.07, 6.45) is 0. The molecule has 0 saturated carbocycles. The van der Waals surface area contributed by atoms with Crippen LogP contribution in [0, 0.1) is 0 Å². The van der Waals surface area contributed by atoms with Crippen molar-refractivity contribution in [1.29, 1.82) is 0 Å². The van der Waals surface area contributed by atoms with Crippen LogP contribution in [0.1, 0.15) is 7.43 Å². The minimum Gasteiger partial charge on any atom is -0.423 e. The first-order valence-corrected chi connectivity index (χ1v) is 31.5. The summed E-state index contributed by atoms with van der Waals surface area (Å²) in [4.78, 5) is 27.8. The number of fused-ring (bicyclic) bond motifs is 20. The van der Waals surface area contributed by atoms with Gasteiger partial charge in [0.25, 0.3) is 0 Å². The van der Waals surface area contributed by atoms with Crippen LogP contribution in [-0.4, -0.2) is 47.1 Å². The third-order valence-corrected chi connectivity index (χ3v) is 19.4. The molecule has 0 bridgehead atoms. The first-order valence-electron chi connectivity index (χ1n) is 29.5. The molecular formula is C79H52BClN6O2S2. The first kappa shape index (κ1) is 56.9. The number of hydrogen-bond acceptors (Lipinski definition) is 10. The lowest BCUT2D eigenvalue weighted by molar-refractivity contribution is 0.426. The van der Waals surface area contributed by atoms with Gasteiger partial charge < -0.3 is 10.0 Å². The van der Waals surface area contributed by atoms with Gasteiger partial charge in [-0.05, 0) is 82.4 Å². The van der Waals surface area contributed by atoms with Crippen LogP contribution in [0.5, 0.6) is 0 Å². The van der Waals surface area contributed by atoms with E-state index in [4.69, 9.17) is 26.6 Å². The molecule has 0 amide bonds. The summed E-state index contributed by atoms with van der Waals surface area (Å²) in [6, 6.07) is 95.6. The third kappa shape index (κ3) is 10.2. The van der Waals surface area contributed by atoms with Crippen LogP contribution >= 0.6 is 34.3 Å². The predicted molar refractivity (Wildman–Crippen MR) is 386 cm³/mol. The van der Waals surface area contributed by atoms with Crippen molar-refractivity contribution >= 4 is 152 Å². The van der Waals surface area contributed by atoms with E-state index in [1.165, 1.54) is 89.5 Å². The van der Waals surface area contributed by atoms with Gasteiger partial charge in [-0.1, -0.05) is 280 Å². The summed E-state index contributed by atoms with van der Waals surface area (Å²) in [5.41, 5.74) is 5.37. The van der Waals surface area contributed by atoms with E-state index in [0.717, 1.165) is 43.3 Å². The molecule has 4 heterocycles. The molecule has 432 valence electrons. The monoisotopic (exact) mass is 1230 g/mol. The van der Waals surface area contributed by atoms with Crippen molar-refractivity contribution in [2.45, 2.75) is 7.43 Å². The van der Waals surface area contributed by atoms with Crippen LogP contribution in [0.3, 0.4) is 0 Å². The van der Waals surface area contributed by atoms with Gasteiger partial charge in [0.1, 0.15) is 0 Å². The molecule has 0 fully saturated rings. The topological polar surface area (TPSA) is 118 Å². The number of nitrogens with zero attached hydrogens (tertiary/aromatic N) is 6. The van der Waals surface area contributed by atoms with E-state index in [2.05, 4.69) is 185 Å². The van der Waals surface area contributed by atoms with Crippen molar-refractivity contribution in [2.75, 3.05) is 0 Å². The minimum absolute atomic E-state index is 0. The standard InChI is InChI=1S/C39H23N3S.C24H15BO2S.C15H10ClN3.CH4/c1-3-12-24(13-4-1)37-40-38(25-14-5-2-6-15-25)42-39(41-37)33-21-11-20-31-32-23-22-30-28-18-8-7-16-26(28)27-17-9-10-19-29(27)34(30)36(32)43-35(31)33;26-25(27)21-11-5-10-19-20-13-12-18-16-8-2-1-6-14(16)15-7-3-4-9-17(15)22(18)24(20)28-23(19)21;16-15-18-13(11-7-3-1-4-8-11)17-14(19-15)12-9-5-2-6-10-12;/h1-23H;1-13,26-27H;1-10H;1H4. The van der Waals surface area contributed by atoms with Crippen molar-refractivity contribution in [3.05, 3.63) is 284 Å². The number of aromatic nitrogens is 6. The zero-order valence-electron chi connectivity index (χ0n) is 47.9. The first-order chi connectivity index (χ1) is 44.4. The molecule has 18 rings (SSSR count). The maximum absolute atomic E-state index is 9.84. The Hall–Kier alpha value is -10.6. The maximum atomic E-state index is 9.84. The Morgan fingerprint density at radius 3 is 0.923 bits per heavy atom. The lowest BCUT2D eigenvalue weighted by Crippen LogP contribution is -2.29. The Labute approximate surface area is 536 Å². The smallest absolute Gasteiger partial charge is 0.423 e. The van der Waals surface area contributed by atoms with Crippen molar-refractivity contribution in [1.82, 2.24) is 29.9 Å². The number of thiophene rings is 2. The van der Waals surface area contributed by atoms with E-state index >= 15 is 0 Å². The Kier molecular flexibility index (Phi) is 15.0.